The number of rotatable bonds is 4. The molecule has 0 bridgehead atoms. The zero-order valence-corrected chi connectivity index (χ0v) is 11.0. The summed E-state index contributed by atoms with van der Waals surface area (Å²) in [4.78, 5) is 6.62. The van der Waals surface area contributed by atoms with Gasteiger partial charge in [0.05, 0.1) is 6.54 Å². The summed E-state index contributed by atoms with van der Waals surface area (Å²) >= 11 is 0. The van der Waals surface area contributed by atoms with Crippen LogP contribution in [0.3, 0.4) is 0 Å². The quantitative estimate of drug-likeness (QED) is 0.629. The number of nitrogens with two attached hydrogens (primary N) is 1. The van der Waals surface area contributed by atoms with Gasteiger partial charge in [-0.3, -0.25) is 4.99 Å². The van der Waals surface area contributed by atoms with E-state index in [0.29, 0.717) is 12.5 Å². The fourth-order valence-electron chi connectivity index (χ4n) is 2.23. The first-order valence-corrected chi connectivity index (χ1v) is 6.73. The van der Waals surface area contributed by atoms with Gasteiger partial charge in [0, 0.05) is 26.1 Å². The number of likely N-dealkylation sites (tertiary alicyclic amines) is 1. The van der Waals surface area contributed by atoms with Crippen LogP contribution >= 0.6 is 0 Å². The summed E-state index contributed by atoms with van der Waals surface area (Å²) in [6.07, 6.45) is 6.41. The SMILES string of the molecule is CCc1nncn1CCN=C(N)N1CCCCC1. The Balaban J connectivity index is 1.83. The molecule has 0 saturated carbocycles. The molecule has 0 amide bonds. The first-order chi connectivity index (χ1) is 8.81. The minimum Gasteiger partial charge on any atom is -0.370 e. The number of hydrogen-bond donors (Lipinski definition) is 1. The molecule has 0 radical (unpaired) electrons. The van der Waals surface area contributed by atoms with Gasteiger partial charge in [-0.2, -0.15) is 0 Å². The average Bonchev–Trinajstić information content (AvgIpc) is 2.87. The fraction of sp³-hybridized carbons (Fsp3) is 0.750. The van der Waals surface area contributed by atoms with Crippen LogP contribution in [0.15, 0.2) is 11.3 Å². The third-order valence-electron chi connectivity index (χ3n) is 3.31. The normalized spacial score (nSPS) is 17.2. The molecule has 0 atom stereocenters. The van der Waals surface area contributed by atoms with Crippen molar-refractivity contribution >= 4 is 5.96 Å². The zero-order valence-electron chi connectivity index (χ0n) is 11.0. The van der Waals surface area contributed by atoms with Crippen molar-refractivity contribution in [1.82, 2.24) is 19.7 Å². The van der Waals surface area contributed by atoms with E-state index < -0.39 is 0 Å². The number of aromatic nitrogens is 3. The van der Waals surface area contributed by atoms with E-state index in [9.17, 15) is 0 Å². The number of aryl methyl sites for hydroxylation is 1. The van der Waals surface area contributed by atoms with Crippen LogP contribution in [0, 0.1) is 0 Å². The van der Waals surface area contributed by atoms with Crippen LogP contribution in [-0.2, 0) is 13.0 Å². The van der Waals surface area contributed by atoms with Crippen LogP contribution < -0.4 is 5.73 Å². The molecule has 2 heterocycles. The third kappa shape index (κ3) is 3.21. The Morgan fingerprint density at radius 3 is 2.89 bits per heavy atom. The molecule has 1 aromatic rings. The van der Waals surface area contributed by atoms with Crippen LogP contribution in [0.2, 0.25) is 0 Å². The first-order valence-electron chi connectivity index (χ1n) is 6.73. The predicted molar refractivity (Wildman–Crippen MR) is 71.3 cm³/mol. The Hall–Kier alpha value is -1.59. The molecule has 2 rings (SSSR count). The summed E-state index contributed by atoms with van der Waals surface area (Å²) in [6, 6.07) is 0. The van der Waals surface area contributed by atoms with E-state index in [2.05, 4.69) is 27.0 Å². The Morgan fingerprint density at radius 1 is 1.39 bits per heavy atom. The molecule has 0 spiro atoms. The Labute approximate surface area is 108 Å². The lowest BCUT2D eigenvalue weighted by Gasteiger charge is -2.27. The van der Waals surface area contributed by atoms with Gasteiger partial charge >= 0.3 is 0 Å². The maximum atomic E-state index is 5.99. The standard InChI is InChI=1S/C12H22N6/c1-2-11-16-15-10-18(11)9-6-14-12(13)17-7-4-3-5-8-17/h10H,2-9H2,1H3,(H2,13,14). The van der Waals surface area contributed by atoms with E-state index in [1.165, 1.54) is 19.3 Å². The van der Waals surface area contributed by atoms with Crippen molar-refractivity contribution in [2.45, 2.75) is 39.2 Å². The van der Waals surface area contributed by atoms with Crippen LogP contribution in [0.5, 0.6) is 0 Å². The van der Waals surface area contributed by atoms with E-state index in [0.717, 1.165) is 31.9 Å². The van der Waals surface area contributed by atoms with Crippen LogP contribution in [-0.4, -0.2) is 45.3 Å². The molecule has 0 unspecified atom stereocenters. The highest BCUT2D eigenvalue weighted by atomic mass is 15.3. The first kappa shape index (κ1) is 12.9. The lowest BCUT2D eigenvalue weighted by molar-refractivity contribution is 0.338. The summed E-state index contributed by atoms with van der Waals surface area (Å²) in [5, 5.41) is 7.95. The van der Waals surface area contributed by atoms with E-state index in [-0.39, 0.29) is 0 Å². The minimum atomic E-state index is 0.681. The van der Waals surface area contributed by atoms with Crippen LogP contribution in [0.1, 0.15) is 32.0 Å². The van der Waals surface area contributed by atoms with E-state index in [4.69, 9.17) is 5.73 Å². The summed E-state index contributed by atoms with van der Waals surface area (Å²) in [7, 11) is 0. The Kier molecular flexibility index (Phi) is 4.55. The van der Waals surface area contributed by atoms with Crippen molar-refractivity contribution in [2.24, 2.45) is 10.7 Å². The summed E-state index contributed by atoms with van der Waals surface area (Å²) in [5.74, 6) is 1.68. The van der Waals surface area contributed by atoms with Crippen molar-refractivity contribution < 1.29 is 0 Å². The van der Waals surface area contributed by atoms with Crippen molar-refractivity contribution in [3.05, 3.63) is 12.2 Å². The molecule has 1 saturated heterocycles. The summed E-state index contributed by atoms with van der Waals surface area (Å²) in [6.45, 7) is 5.65. The number of piperidine rings is 1. The van der Waals surface area contributed by atoms with Crippen LogP contribution in [0.4, 0.5) is 0 Å². The second kappa shape index (κ2) is 6.37. The molecule has 0 aliphatic carbocycles. The topological polar surface area (TPSA) is 72.3 Å². The Morgan fingerprint density at radius 2 is 2.17 bits per heavy atom. The monoisotopic (exact) mass is 250 g/mol. The molecule has 1 aromatic heterocycles. The molecular formula is C12H22N6. The molecule has 100 valence electrons. The van der Waals surface area contributed by atoms with Crippen LogP contribution in [0.25, 0.3) is 0 Å². The molecule has 0 aromatic carbocycles. The molecule has 2 N–H and O–H groups in total. The maximum absolute atomic E-state index is 5.99. The van der Waals surface area contributed by atoms with Crippen molar-refractivity contribution in [3.63, 3.8) is 0 Å². The second-order valence-corrected chi connectivity index (χ2v) is 4.58. The van der Waals surface area contributed by atoms with Gasteiger partial charge in [0.1, 0.15) is 12.2 Å². The molecule has 1 aliphatic heterocycles. The zero-order chi connectivity index (χ0) is 12.8. The third-order valence-corrected chi connectivity index (χ3v) is 3.31. The van der Waals surface area contributed by atoms with E-state index >= 15 is 0 Å². The van der Waals surface area contributed by atoms with Gasteiger partial charge in [-0.05, 0) is 19.3 Å². The molecule has 18 heavy (non-hydrogen) atoms. The molecule has 1 aliphatic rings. The Bertz CT molecular complexity index is 391. The lowest BCUT2D eigenvalue weighted by atomic mass is 10.1. The van der Waals surface area contributed by atoms with Gasteiger partial charge in [-0.1, -0.05) is 6.92 Å². The minimum absolute atomic E-state index is 0.681. The van der Waals surface area contributed by atoms with Gasteiger partial charge < -0.3 is 15.2 Å². The van der Waals surface area contributed by atoms with Crippen molar-refractivity contribution in [2.75, 3.05) is 19.6 Å². The number of guanidine groups is 1. The smallest absolute Gasteiger partial charge is 0.191 e. The fourth-order valence-corrected chi connectivity index (χ4v) is 2.23. The average molecular weight is 250 g/mol. The largest absolute Gasteiger partial charge is 0.370 e. The second-order valence-electron chi connectivity index (χ2n) is 4.58. The molecule has 6 heteroatoms. The van der Waals surface area contributed by atoms with Gasteiger partial charge in [0.25, 0.3) is 0 Å². The van der Waals surface area contributed by atoms with Crippen molar-refractivity contribution in [1.29, 1.82) is 0 Å². The lowest BCUT2D eigenvalue weighted by Crippen LogP contribution is -2.41. The van der Waals surface area contributed by atoms with Gasteiger partial charge in [-0.25, -0.2) is 0 Å². The van der Waals surface area contributed by atoms with E-state index in [1.54, 1.807) is 6.33 Å². The van der Waals surface area contributed by atoms with Gasteiger partial charge in [-0.15, -0.1) is 10.2 Å². The van der Waals surface area contributed by atoms with Crippen molar-refractivity contribution in [3.8, 4) is 0 Å². The highest BCUT2D eigenvalue weighted by Crippen LogP contribution is 2.07. The van der Waals surface area contributed by atoms with E-state index in [1.807, 2.05) is 4.57 Å². The maximum Gasteiger partial charge on any atom is 0.191 e. The summed E-state index contributed by atoms with van der Waals surface area (Å²) in [5.41, 5.74) is 5.99. The number of hydrogen-bond acceptors (Lipinski definition) is 3. The molecular weight excluding hydrogens is 228 g/mol. The highest BCUT2D eigenvalue weighted by molar-refractivity contribution is 5.78. The number of nitrogens with zero attached hydrogens (tertiary/aromatic N) is 5. The predicted octanol–water partition coefficient (Wildman–Crippen LogP) is 0.641. The van der Waals surface area contributed by atoms with Gasteiger partial charge in [0.15, 0.2) is 5.96 Å². The van der Waals surface area contributed by atoms with Gasteiger partial charge in [0.2, 0.25) is 0 Å². The summed E-state index contributed by atoms with van der Waals surface area (Å²) < 4.78 is 2.03. The molecule has 1 fully saturated rings. The molecule has 6 nitrogen and oxygen atoms in total. The highest BCUT2D eigenvalue weighted by Gasteiger charge is 2.11. The number of aliphatic imine (C=N–C) groups is 1.